The second kappa shape index (κ2) is 6.69. The van der Waals surface area contributed by atoms with Crippen LogP contribution in [0.25, 0.3) is 0 Å². The Bertz CT molecular complexity index is 506. The maximum Gasteiger partial charge on any atom is 0.326 e. The quantitative estimate of drug-likeness (QED) is 0.665. The summed E-state index contributed by atoms with van der Waals surface area (Å²) < 4.78 is 0. The van der Waals surface area contributed by atoms with Crippen molar-refractivity contribution in [2.24, 2.45) is 0 Å². The molecule has 0 spiro atoms. The lowest BCUT2D eigenvalue weighted by atomic mass is 10.1. The minimum Gasteiger partial charge on any atom is -0.481 e. The Morgan fingerprint density at radius 3 is 2.58 bits per heavy atom. The van der Waals surface area contributed by atoms with Crippen molar-refractivity contribution < 1.29 is 24.6 Å². The number of pyridine rings is 1. The molecule has 0 aliphatic heterocycles. The molecule has 0 aliphatic carbocycles. The molecule has 0 unspecified atom stereocenters. The summed E-state index contributed by atoms with van der Waals surface area (Å²) in [5.74, 6) is -3.16. The maximum atomic E-state index is 11.8. The molecule has 0 saturated carbocycles. The molecule has 1 rings (SSSR count). The van der Waals surface area contributed by atoms with Crippen molar-refractivity contribution in [1.82, 2.24) is 10.3 Å². The number of carboxylic acids is 2. The van der Waals surface area contributed by atoms with E-state index in [2.05, 4.69) is 10.3 Å². The number of nitrogens with one attached hydrogen (secondary N) is 1. The van der Waals surface area contributed by atoms with E-state index in [9.17, 15) is 14.4 Å². The molecule has 1 heterocycles. The average Bonchev–Trinajstić information content (AvgIpc) is 2.34. The summed E-state index contributed by atoms with van der Waals surface area (Å²) in [4.78, 5) is 36.8. The summed E-state index contributed by atoms with van der Waals surface area (Å²) in [5, 5.41) is 19.5. The summed E-state index contributed by atoms with van der Waals surface area (Å²) in [6, 6.07) is 1.58. The Hall–Kier alpha value is -2.15. The number of carbonyl (C=O) groups is 3. The van der Waals surface area contributed by atoms with Crippen molar-refractivity contribution in [3.63, 3.8) is 0 Å². The average molecular weight is 287 g/mol. The van der Waals surface area contributed by atoms with Crippen molar-refractivity contribution in [3.8, 4) is 0 Å². The fourth-order valence-electron chi connectivity index (χ4n) is 1.32. The highest BCUT2D eigenvalue weighted by Crippen LogP contribution is 2.12. The van der Waals surface area contributed by atoms with E-state index in [1.54, 1.807) is 0 Å². The molecular weight excluding hydrogens is 276 g/mol. The van der Waals surface area contributed by atoms with Gasteiger partial charge in [-0.3, -0.25) is 9.59 Å². The van der Waals surface area contributed by atoms with E-state index in [1.165, 1.54) is 18.3 Å². The first kappa shape index (κ1) is 14.9. The van der Waals surface area contributed by atoms with E-state index in [1.807, 2.05) is 0 Å². The molecule has 0 bridgehead atoms. The van der Waals surface area contributed by atoms with Gasteiger partial charge in [0.15, 0.2) is 0 Å². The predicted molar refractivity (Wildman–Crippen MR) is 65.0 cm³/mol. The van der Waals surface area contributed by atoms with Gasteiger partial charge in [0.2, 0.25) is 0 Å². The molecule has 0 aliphatic rings. The fourth-order valence-corrected chi connectivity index (χ4v) is 1.52. The topological polar surface area (TPSA) is 117 Å². The van der Waals surface area contributed by atoms with Crippen molar-refractivity contribution >= 4 is 29.4 Å². The minimum atomic E-state index is -1.31. The molecule has 19 heavy (non-hydrogen) atoms. The summed E-state index contributed by atoms with van der Waals surface area (Å²) >= 11 is 5.70. The van der Waals surface area contributed by atoms with Gasteiger partial charge in [-0.05, 0) is 18.6 Å². The highest BCUT2D eigenvalue weighted by atomic mass is 35.5. The largest absolute Gasteiger partial charge is 0.481 e. The Labute approximate surface area is 113 Å². The molecule has 3 N–H and O–H groups in total. The zero-order valence-electron chi connectivity index (χ0n) is 9.67. The molecule has 7 nitrogen and oxygen atoms in total. The Balaban J connectivity index is 2.74. The van der Waals surface area contributed by atoms with Gasteiger partial charge in [-0.1, -0.05) is 11.6 Å². The first-order valence-electron chi connectivity index (χ1n) is 5.27. The number of hydrogen-bond acceptors (Lipinski definition) is 4. The molecule has 8 heteroatoms. The van der Waals surface area contributed by atoms with Gasteiger partial charge in [0.25, 0.3) is 5.91 Å². The van der Waals surface area contributed by atoms with E-state index in [0.29, 0.717) is 0 Å². The van der Waals surface area contributed by atoms with E-state index >= 15 is 0 Å². The van der Waals surface area contributed by atoms with Gasteiger partial charge in [-0.15, -0.1) is 0 Å². The highest BCUT2D eigenvalue weighted by molar-refractivity contribution is 6.32. The van der Waals surface area contributed by atoms with Crippen LogP contribution in [0.1, 0.15) is 23.2 Å². The first-order valence-corrected chi connectivity index (χ1v) is 5.65. The summed E-state index contributed by atoms with van der Waals surface area (Å²) in [5.41, 5.74) is 0.0331. The van der Waals surface area contributed by atoms with Gasteiger partial charge in [0.05, 0.1) is 5.56 Å². The van der Waals surface area contributed by atoms with Crippen LogP contribution in [0.4, 0.5) is 0 Å². The number of rotatable bonds is 6. The smallest absolute Gasteiger partial charge is 0.326 e. The molecule has 1 atom stereocenters. The Kier molecular flexibility index (Phi) is 5.25. The number of aromatic nitrogens is 1. The molecule has 1 aromatic rings. The summed E-state index contributed by atoms with van der Waals surface area (Å²) in [6.45, 7) is 0. The monoisotopic (exact) mass is 286 g/mol. The van der Waals surface area contributed by atoms with Crippen molar-refractivity contribution in [3.05, 3.63) is 29.0 Å². The zero-order chi connectivity index (χ0) is 14.4. The summed E-state index contributed by atoms with van der Waals surface area (Å²) in [6.07, 6.45) is 0.810. The van der Waals surface area contributed by atoms with Crippen LogP contribution in [0.5, 0.6) is 0 Å². The zero-order valence-corrected chi connectivity index (χ0v) is 10.4. The third-order valence-corrected chi connectivity index (χ3v) is 2.56. The number of amides is 1. The maximum absolute atomic E-state index is 11.8. The van der Waals surface area contributed by atoms with E-state index in [4.69, 9.17) is 21.8 Å². The molecule has 102 valence electrons. The fraction of sp³-hybridized carbons (Fsp3) is 0.273. The third-order valence-electron chi connectivity index (χ3n) is 2.25. The molecule has 0 aromatic carbocycles. The number of halogens is 1. The lowest BCUT2D eigenvalue weighted by molar-refractivity contribution is -0.140. The lowest BCUT2D eigenvalue weighted by Crippen LogP contribution is -2.41. The summed E-state index contributed by atoms with van der Waals surface area (Å²) in [7, 11) is 0. The SMILES string of the molecule is O=C(O)CC[C@H](NC(=O)c1cccnc1Cl)C(=O)O. The first-order chi connectivity index (χ1) is 8.91. The third kappa shape index (κ3) is 4.55. The van der Waals surface area contributed by atoms with E-state index in [0.717, 1.165) is 0 Å². The second-order valence-electron chi connectivity index (χ2n) is 3.64. The molecular formula is C11H11ClN2O5. The molecule has 0 fully saturated rings. The normalized spacial score (nSPS) is 11.6. The molecule has 1 aromatic heterocycles. The van der Waals surface area contributed by atoms with Crippen LogP contribution < -0.4 is 5.32 Å². The number of aliphatic carboxylic acids is 2. The van der Waals surface area contributed by atoms with Crippen LogP contribution in [0.2, 0.25) is 5.15 Å². The van der Waals surface area contributed by atoms with Gasteiger partial charge >= 0.3 is 11.9 Å². The number of hydrogen-bond donors (Lipinski definition) is 3. The van der Waals surface area contributed by atoms with Crippen LogP contribution in [0.15, 0.2) is 18.3 Å². The van der Waals surface area contributed by atoms with Gasteiger partial charge in [-0.2, -0.15) is 0 Å². The van der Waals surface area contributed by atoms with Crippen LogP contribution in [-0.2, 0) is 9.59 Å². The number of nitrogens with zero attached hydrogens (tertiary/aromatic N) is 1. The van der Waals surface area contributed by atoms with Crippen LogP contribution in [0.3, 0.4) is 0 Å². The molecule has 0 saturated heterocycles. The molecule has 0 radical (unpaired) electrons. The van der Waals surface area contributed by atoms with Crippen LogP contribution >= 0.6 is 11.6 Å². The Morgan fingerprint density at radius 1 is 1.37 bits per heavy atom. The number of carboxylic acid groups (broad SMARTS) is 2. The Morgan fingerprint density at radius 2 is 2.05 bits per heavy atom. The van der Waals surface area contributed by atoms with Gasteiger partial charge in [-0.25, -0.2) is 9.78 Å². The van der Waals surface area contributed by atoms with Crippen molar-refractivity contribution in [2.75, 3.05) is 0 Å². The minimum absolute atomic E-state index is 0.0331. The standard InChI is InChI=1S/C11H11ClN2O5/c12-9-6(2-1-5-13-9)10(17)14-7(11(18)19)3-4-8(15)16/h1-2,5,7H,3-4H2,(H,14,17)(H,15,16)(H,18,19)/t7-/m0/s1. The second-order valence-corrected chi connectivity index (χ2v) is 4.00. The van der Waals surface area contributed by atoms with Gasteiger partial charge in [0, 0.05) is 12.6 Å². The van der Waals surface area contributed by atoms with Crippen molar-refractivity contribution in [2.45, 2.75) is 18.9 Å². The highest BCUT2D eigenvalue weighted by Gasteiger charge is 2.22. The van der Waals surface area contributed by atoms with Crippen molar-refractivity contribution in [1.29, 1.82) is 0 Å². The van der Waals surface area contributed by atoms with E-state index in [-0.39, 0.29) is 23.6 Å². The number of carbonyl (C=O) groups excluding carboxylic acids is 1. The van der Waals surface area contributed by atoms with Gasteiger partial charge in [0.1, 0.15) is 11.2 Å². The lowest BCUT2D eigenvalue weighted by Gasteiger charge is -2.13. The van der Waals surface area contributed by atoms with Crippen LogP contribution in [-0.4, -0.2) is 39.1 Å². The molecule has 1 amide bonds. The predicted octanol–water partition coefficient (Wildman–Crippen LogP) is 0.783. The van der Waals surface area contributed by atoms with Gasteiger partial charge < -0.3 is 15.5 Å². The van der Waals surface area contributed by atoms with Crippen LogP contribution in [0, 0.1) is 0 Å². The van der Waals surface area contributed by atoms with E-state index < -0.39 is 23.9 Å².